The van der Waals surface area contributed by atoms with Gasteiger partial charge >= 0.3 is 0 Å². The maximum absolute atomic E-state index is 10.5. The number of aldehydes is 1. The summed E-state index contributed by atoms with van der Waals surface area (Å²) in [5.41, 5.74) is 0. The molecule has 3 heteroatoms. The van der Waals surface area contributed by atoms with Gasteiger partial charge < -0.3 is 9.15 Å². The third-order valence-electron chi connectivity index (χ3n) is 2.68. The molecule has 0 radical (unpaired) electrons. The van der Waals surface area contributed by atoms with Crippen molar-refractivity contribution in [1.29, 1.82) is 0 Å². The van der Waals surface area contributed by atoms with Gasteiger partial charge in [-0.2, -0.15) is 0 Å². The average Bonchev–Trinajstić information content (AvgIpc) is 2.87. The molecule has 0 atom stereocenters. The third-order valence-corrected chi connectivity index (χ3v) is 2.68. The molecule has 0 aliphatic carbocycles. The Morgan fingerprint density at radius 1 is 0.944 bits per heavy atom. The molecule has 0 N–H and O–H groups in total. The molecule has 0 saturated heterocycles. The number of carbonyl (C=O) groups is 1. The summed E-state index contributed by atoms with van der Waals surface area (Å²) in [5.74, 6) is 1.28. The first-order chi connectivity index (χ1) is 8.86. The van der Waals surface area contributed by atoms with Crippen LogP contribution in [-0.2, 0) is 0 Å². The van der Waals surface area contributed by atoms with Gasteiger partial charge in [-0.25, -0.2) is 0 Å². The summed E-state index contributed by atoms with van der Waals surface area (Å²) in [6.45, 7) is 0. The molecule has 3 aromatic rings. The molecule has 1 heterocycles. The number of hydrogen-bond donors (Lipinski definition) is 0. The fourth-order valence-electron chi connectivity index (χ4n) is 1.85. The fourth-order valence-corrected chi connectivity index (χ4v) is 1.85. The van der Waals surface area contributed by atoms with Gasteiger partial charge in [-0.3, -0.25) is 4.79 Å². The van der Waals surface area contributed by atoms with E-state index in [1.165, 1.54) is 0 Å². The largest absolute Gasteiger partial charge is 0.425 e. The summed E-state index contributed by atoms with van der Waals surface area (Å²) < 4.78 is 10.8. The van der Waals surface area contributed by atoms with Crippen LogP contribution in [0.4, 0.5) is 0 Å². The van der Waals surface area contributed by atoms with E-state index in [9.17, 15) is 4.79 Å². The Hall–Kier alpha value is -2.55. The molecule has 0 unspecified atom stereocenters. The van der Waals surface area contributed by atoms with Crippen LogP contribution in [0.15, 0.2) is 59.0 Å². The van der Waals surface area contributed by atoms with E-state index in [-0.39, 0.29) is 5.76 Å². The number of benzene rings is 2. The summed E-state index contributed by atoms with van der Waals surface area (Å²) in [6.07, 6.45) is 0.649. The predicted octanol–water partition coefficient (Wildman–Crippen LogP) is 4.04. The molecule has 0 saturated carbocycles. The fraction of sp³-hybridized carbons (Fsp3) is 0. The summed E-state index contributed by atoms with van der Waals surface area (Å²) in [5, 5.41) is 2.10. The molecule has 0 bridgehead atoms. The summed E-state index contributed by atoms with van der Waals surface area (Å²) in [7, 11) is 0. The second-order valence-electron chi connectivity index (χ2n) is 3.85. The van der Waals surface area contributed by atoms with Crippen LogP contribution < -0.4 is 4.74 Å². The van der Waals surface area contributed by atoms with E-state index in [1.807, 2.05) is 42.5 Å². The molecular weight excluding hydrogens is 228 g/mol. The molecule has 0 fully saturated rings. The molecule has 3 nitrogen and oxygen atoms in total. The molecule has 0 spiro atoms. The minimum Gasteiger partial charge on any atom is -0.425 e. The van der Waals surface area contributed by atoms with E-state index in [0.29, 0.717) is 18.0 Å². The second kappa shape index (κ2) is 4.37. The summed E-state index contributed by atoms with van der Waals surface area (Å²) in [6, 6.07) is 16.9. The van der Waals surface area contributed by atoms with Gasteiger partial charge in [0.15, 0.2) is 12.0 Å². The highest BCUT2D eigenvalue weighted by atomic mass is 16.6. The standard InChI is InChI=1S/C15H10O3/c16-10-12-8-9-15(17-12)18-14-7-3-5-11-4-1-2-6-13(11)14/h1-10H. The number of ether oxygens (including phenoxy) is 1. The van der Waals surface area contributed by atoms with Gasteiger partial charge in [0.2, 0.25) is 0 Å². The molecule has 3 rings (SSSR count). The lowest BCUT2D eigenvalue weighted by Gasteiger charge is -2.05. The van der Waals surface area contributed by atoms with Gasteiger partial charge in [0.1, 0.15) is 5.75 Å². The number of hydrogen-bond acceptors (Lipinski definition) is 3. The van der Waals surface area contributed by atoms with Crippen LogP contribution >= 0.6 is 0 Å². The molecule has 88 valence electrons. The first-order valence-electron chi connectivity index (χ1n) is 5.57. The highest BCUT2D eigenvalue weighted by Gasteiger charge is 2.06. The maximum atomic E-state index is 10.5. The Kier molecular flexibility index (Phi) is 2.57. The van der Waals surface area contributed by atoms with Gasteiger partial charge in [0.25, 0.3) is 5.95 Å². The Bertz CT molecular complexity index is 692. The topological polar surface area (TPSA) is 39.4 Å². The lowest BCUT2D eigenvalue weighted by atomic mass is 10.1. The van der Waals surface area contributed by atoms with Crippen LogP contribution in [0.25, 0.3) is 10.8 Å². The van der Waals surface area contributed by atoms with Crippen LogP contribution in [0, 0.1) is 0 Å². The molecule has 0 amide bonds. The average molecular weight is 238 g/mol. The highest BCUT2D eigenvalue weighted by molar-refractivity contribution is 5.88. The van der Waals surface area contributed by atoms with Crippen molar-refractivity contribution in [3.8, 4) is 11.7 Å². The zero-order chi connectivity index (χ0) is 12.4. The number of carbonyl (C=O) groups excluding carboxylic acids is 1. The normalized spacial score (nSPS) is 10.4. The van der Waals surface area contributed by atoms with Gasteiger partial charge in [-0.15, -0.1) is 0 Å². The molecule has 0 aliphatic rings. The number of furan rings is 1. The zero-order valence-corrected chi connectivity index (χ0v) is 9.50. The summed E-state index contributed by atoms with van der Waals surface area (Å²) >= 11 is 0. The first-order valence-corrected chi connectivity index (χ1v) is 5.57. The van der Waals surface area contributed by atoms with Crippen LogP contribution in [-0.4, -0.2) is 6.29 Å². The van der Waals surface area contributed by atoms with Crippen LogP contribution in [0.5, 0.6) is 11.7 Å². The van der Waals surface area contributed by atoms with Gasteiger partial charge in [0.05, 0.1) is 0 Å². The Morgan fingerprint density at radius 3 is 2.61 bits per heavy atom. The maximum Gasteiger partial charge on any atom is 0.290 e. The molecule has 1 aromatic heterocycles. The van der Waals surface area contributed by atoms with E-state index in [4.69, 9.17) is 9.15 Å². The highest BCUT2D eigenvalue weighted by Crippen LogP contribution is 2.30. The lowest BCUT2D eigenvalue weighted by Crippen LogP contribution is -1.83. The monoisotopic (exact) mass is 238 g/mol. The zero-order valence-electron chi connectivity index (χ0n) is 9.50. The van der Waals surface area contributed by atoms with Crippen LogP contribution in [0.3, 0.4) is 0 Å². The Morgan fingerprint density at radius 2 is 1.78 bits per heavy atom. The van der Waals surface area contributed by atoms with Crippen molar-refractivity contribution in [3.05, 3.63) is 60.4 Å². The Labute approximate surface area is 104 Å². The van der Waals surface area contributed by atoms with Crippen molar-refractivity contribution in [2.24, 2.45) is 0 Å². The molecule has 2 aromatic carbocycles. The van der Waals surface area contributed by atoms with Crippen molar-refractivity contribution in [1.82, 2.24) is 0 Å². The summed E-state index contributed by atoms with van der Waals surface area (Å²) in [4.78, 5) is 10.5. The molecule has 18 heavy (non-hydrogen) atoms. The van der Waals surface area contributed by atoms with Crippen molar-refractivity contribution in [3.63, 3.8) is 0 Å². The van der Waals surface area contributed by atoms with Crippen LogP contribution in [0.1, 0.15) is 10.6 Å². The van der Waals surface area contributed by atoms with Gasteiger partial charge in [0, 0.05) is 11.5 Å². The van der Waals surface area contributed by atoms with E-state index < -0.39 is 0 Å². The first kappa shape index (κ1) is 10.6. The van der Waals surface area contributed by atoms with Crippen molar-refractivity contribution >= 4 is 17.1 Å². The predicted molar refractivity (Wildman–Crippen MR) is 68.1 cm³/mol. The quantitative estimate of drug-likeness (QED) is 0.646. The van der Waals surface area contributed by atoms with Crippen LogP contribution in [0.2, 0.25) is 0 Å². The minimum atomic E-state index is 0.255. The van der Waals surface area contributed by atoms with E-state index in [2.05, 4.69) is 0 Å². The van der Waals surface area contributed by atoms with E-state index in [0.717, 1.165) is 10.8 Å². The SMILES string of the molecule is O=Cc1ccc(Oc2cccc3ccccc23)o1. The lowest BCUT2D eigenvalue weighted by molar-refractivity contribution is 0.109. The van der Waals surface area contributed by atoms with E-state index >= 15 is 0 Å². The van der Waals surface area contributed by atoms with Gasteiger partial charge in [-0.05, 0) is 17.5 Å². The number of rotatable bonds is 3. The second-order valence-corrected chi connectivity index (χ2v) is 3.85. The Balaban J connectivity index is 2.01. The third kappa shape index (κ3) is 1.86. The molecular formula is C15H10O3. The smallest absolute Gasteiger partial charge is 0.290 e. The van der Waals surface area contributed by atoms with Crippen molar-refractivity contribution in [2.45, 2.75) is 0 Å². The number of fused-ring (bicyclic) bond motifs is 1. The van der Waals surface area contributed by atoms with E-state index in [1.54, 1.807) is 12.1 Å². The van der Waals surface area contributed by atoms with Crippen molar-refractivity contribution in [2.75, 3.05) is 0 Å². The minimum absolute atomic E-state index is 0.255. The van der Waals surface area contributed by atoms with Crippen molar-refractivity contribution < 1.29 is 13.9 Å². The molecule has 0 aliphatic heterocycles. The van der Waals surface area contributed by atoms with Gasteiger partial charge in [-0.1, -0.05) is 36.4 Å².